The van der Waals surface area contributed by atoms with Gasteiger partial charge in [-0.1, -0.05) is 0 Å². The van der Waals surface area contributed by atoms with Crippen molar-refractivity contribution in [2.75, 3.05) is 5.88 Å². The van der Waals surface area contributed by atoms with Gasteiger partial charge in [0.1, 0.15) is 10.0 Å². The fraction of sp³-hybridized carbons (Fsp3) is 0.818. The Morgan fingerprint density at radius 2 is 1.83 bits per heavy atom. The van der Waals surface area contributed by atoms with Gasteiger partial charge in [-0.3, -0.25) is 0 Å². The van der Waals surface area contributed by atoms with Gasteiger partial charge < -0.3 is 0 Å². The van der Waals surface area contributed by atoms with Gasteiger partial charge in [-0.05, 0) is 25.7 Å². The molecule has 0 radical (unpaired) electrons. The Morgan fingerprint density at radius 1 is 1.17 bits per heavy atom. The van der Waals surface area contributed by atoms with Crippen LogP contribution in [0.15, 0.2) is 0 Å². The van der Waals surface area contributed by atoms with Gasteiger partial charge in [0.15, 0.2) is 0 Å². The molecule has 0 bridgehead atoms. The minimum Gasteiger partial charge on any atom is -0.171 e. The number of rotatable bonds is 3. The van der Waals surface area contributed by atoms with Crippen LogP contribution in [0.4, 0.5) is 13.2 Å². The van der Waals surface area contributed by atoms with Gasteiger partial charge in [-0.25, -0.2) is 0 Å². The zero-order chi connectivity index (χ0) is 13.2. The summed E-state index contributed by atoms with van der Waals surface area (Å²) in [5.41, 5.74) is 0. The highest BCUT2D eigenvalue weighted by atomic mass is 35.5. The van der Waals surface area contributed by atoms with Gasteiger partial charge >= 0.3 is 6.18 Å². The molecule has 1 heterocycles. The standard InChI is InChI=1S/C11H14ClF3N2S/c12-6-5-9-16-17-10(18-9)7-1-3-8(4-2-7)11(13,14)15/h7-8H,1-6H2. The Balaban J connectivity index is 1.92. The lowest BCUT2D eigenvalue weighted by Gasteiger charge is -2.28. The molecule has 1 saturated carbocycles. The van der Waals surface area contributed by atoms with Gasteiger partial charge in [-0.15, -0.1) is 33.1 Å². The first-order valence-corrected chi connectivity index (χ1v) is 7.30. The summed E-state index contributed by atoms with van der Waals surface area (Å²) in [5.74, 6) is -0.496. The summed E-state index contributed by atoms with van der Waals surface area (Å²) in [7, 11) is 0. The van der Waals surface area contributed by atoms with E-state index in [9.17, 15) is 13.2 Å². The number of aromatic nitrogens is 2. The molecule has 0 aromatic carbocycles. The van der Waals surface area contributed by atoms with Crippen LogP contribution in [0.3, 0.4) is 0 Å². The smallest absolute Gasteiger partial charge is 0.171 e. The van der Waals surface area contributed by atoms with Crippen LogP contribution in [0.1, 0.15) is 41.6 Å². The molecule has 102 valence electrons. The third kappa shape index (κ3) is 3.35. The Hall–Kier alpha value is -0.360. The SMILES string of the molecule is FC(F)(F)C1CCC(c2nnc(CCCl)s2)CC1. The van der Waals surface area contributed by atoms with E-state index in [2.05, 4.69) is 10.2 Å². The van der Waals surface area contributed by atoms with E-state index in [1.165, 1.54) is 11.3 Å². The maximum absolute atomic E-state index is 12.5. The fourth-order valence-electron chi connectivity index (χ4n) is 2.28. The predicted octanol–water partition coefficient (Wildman–Crippen LogP) is 4.16. The molecule has 1 aliphatic carbocycles. The second-order valence-electron chi connectivity index (χ2n) is 4.56. The van der Waals surface area contributed by atoms with Gasteiger partial charge in [0.05, 0.1) is 5.92 Å². The van der Waals surface area contributed by atoms with E-state index < -0.39 is 12.1 Å². The molecular weight excluding hydrogens is 285 g/mol. The summed E-state index contributed by atoms with van der Waals surface area (Å²) >= 11 is 7.10. The van der Waals surface area contributed by atoms with Crippen LogP contribution in [-0.2, 0) is 6.42 Å². The zero-order valence-corrected chi connectivity index (χ0v) is 11.3. The summed E-state index contributed by atoms with van der Waals surface area (Å²) in [6.45, 7) is 0. The molecule has 0 N–H and O–H groups in total. The highest BCUT2D eigenvalue weighted by molar-refractivity contribution is 7.11. The zero-order valence-electron chi connectivity index (χ0n) is 9.71. The third-order valence-corrected chi connectivity index (χ3v) is 4.66. The van der Waals surface area contributed by atoms with Crippen molar-refractivity contribution >= 4 is 22.9 Å². The van der Waals surface area contributed by atoms with Crippen LogP contribution in [0, 0.1) is 5.92 Å². The van der Waals surface area contributed by atoms with Crippen molar-refractivity contribution in [3.63, 3.8) is 0 Å². The molecule has 2 nitrogen and oxygen atoms in total. The van der Waals surface area contributed by atoms with Crippen LogP contribution in [0.25, 0.3) is 0 Å². The van der Waals surface area contributed by atoms with E-state index in [0.29, 0.717) is 25.1 Å². The Labute approximate surface area is 113 Å². The molecule has 0 atom stereocenters. The lowest BCUT2D eigenvalue weighted by molar-refractivity contribution is -0.182. The fourth-order valence-corrected chi connectivity index (χ4v) is 3.58. The molecule has 7 heteroatoms. The monoisotopic (exact) mass is 298 g/mol. The van der Waals surface area contributed by atoms with Crippen molar-refractivity contribution in [3.8, 4) is 0 Å². The maximum Gasteiger partial charge on any atom is 0.391 e. The van der Waals surface area contributed by atoms with Crippen molar-refractivity contribution < 1.29 is 13.2 Å². The third-order valence-electron chi connectivity index (χ3n) is 3.33. The van der Waals surface area contributed by atoms with Crippen LogP contribution < -0.4 is 0 Å². The highest BCUT2D eigenvalue weighted by Crippen LogP contribution is 2.43. The summed E-state index contributed by atoms with van der Waals surface area (Å²) in [6.07, 6.45) is -1.84. The maximum atomic E-state index is 12.5. The van der Waals surface area contributed by atoms with Gasteiger partial charge in [-0.2, -0.15) is 13.2 Å². The Morgan fingerprint density at radius 3 is 2.39 bits per heavy atom. The van der Waals surface area contributed by atoms with E-state index in [1.54, 1.807) is 0 Å². The molecule has 1 fully saturated rings. The van der Waals surface area contributed by atoms with E-state index in [1.807, 2.05) is 0 Å². The van der Waals surface area contributed by atoms with Crippen LogP contribution in [-0.4, -0.2) is 22.3 Å². The first kappa shape index (κ1) is 14.1. The second kappa shape index (κ2) is 5.74. The molecule has 0 saturated heterocycles. The molecule has 1 aromatic heterocycles. The van der Waals surface area contributed by atoms with Crippen LogP contribution >= 0.6 is 22.9 Å². The van der Waals surface area contributed by atoms with Crippen molar-refractivity contribution in [2.24, 2.45) is 5.92 Å². The van der Waals surface area contributed by atoms with Gasteiger partial charge in [0.25, 0.3) is 0 Å². The second-order valence-corrected chi connectivity index (χ2v) is 6.03. The average Bonchev–Trinajstić information content (AvgIpc) is 2.77. The molecule has 1 aromatic rings. The van der Waals surface area contributed by atoms with Crippen LogP contribution in [0.5, 0.6) is 0 Å². The number of aryl methyl sites for hydroxylation is 1. The quantitative estimate of drug-likeness (QED) is 0.783. The molecule has 0 unspecified atom stereocenters. The minimum atomic E-state index is -4.05. The van der Waals surface area contributed by atoms with E-state index in [0.717, 1.165) is 10.0 Å². The molecule has 2 rings (SSSR count). The molecular formula is C11H14ClF3N2S. The van der Waals surface area contributed by atoms with Crippen molar-refractivity contribution in [1.29, 1.82) is 0 Å². The number of hydrogen-bond acceptors (Lipinski definition) is 3. The lowest BCUT2D eigenvalue weighted by Crippen LogP contribution is -2.27. The highest BCUT2D eigenvalue weighted by Gasteiger charge is 2.42. The molecule has 0 amide bonds. The first-order chi connectivity index (χ1) is 8.50. The minimum absolute atomic E-state index is 0.144. The van der Waals surface area contributed by atoms with Gasteiger partial charge in [0.2, 0.25) is 0 Å². The summed E-state index contributed by atoms with van der Waals surface area (Å²) in [5, 5.41) is 9.83. The first-order valence-electron chi connectivity index (χ1n) is 5.95. The Kier molecular flexibility index (Phi) is 4.48. The number of halogens is 4. The van der Waals surface area contributed by atoms with Crippen LogP contribution in [0.2, 0.25) is 0 Å². The molecule has 0 spiro atoms. The Bertz CT molecular complexity index is 386. The predicted molar refractivity (Wildman–Crippen MR) is 65.1 cm³/mol. The summed E-state index contributed by atoms with van der Waals surface area (Å²) in [6, 6.07) is 0. The lowest BCUT2D eigenvalue weighted by atomic mass is 9.82. The van der Waals surface area contributed by atoms with Gasteiger partial charge in [0, 0.05) is 18.2 Å². The van der Waals surface area contributed by atoms with E-state index >= 15 is 0 Å². The average molecular weight is 299 g/mol. The molecule has 18 heavy (non-hydrogen) atoms. The van der Waals surface area contributed by atoms with E-state index in [4.69, 9.17) is 11.6 Å². The largest absolute Gasteiger partial charge is 0.391 e. The molecule has 0 aliphatic heterocycles. The van der Waals surface area contributed by atoms with Crippen molar-refractivity contribution in [3.05, 3.63) is 10.0 Å². The normalized spacial score (nSPS) is 25.3. The number of nitrogens with zero attached hydrogens (tertiary/aromatic N) is 2. The summed E-state index contributed by atoms with van der Waals surface area (Å²) < 4.78 is 37.6. The van der Waals surface area contributed by atoms with Crippen molar-refractivity contribution in [1.82, 2.24) is 10.2 Å². The number of hydrogen-bond donors (Lipinski definition) is 0. The number of alkyl halides is 4. The van der Waals surface area contributed by atoms with E-state index in [-0.39, 0.29) is 18.8 Å². The topological polar surface area (TPSA) is 25.8 Å². The van der Waals surface area contributed by atoms with Crippen molar-refractivity contribution in [2.45, 2.75) is 44.2 Å². The summed E-state index contributed by atoms with van der Waals surface area (Å²) in [4.78, 5) is 0. The molecule has 1 aliphatic rings.